The number of fused-ring (bicyclic) bond motifs is 1. The summed E-state index contributed by atoms with van der Waals surface area (Å²) >= 11 is 5.77. The van der Waals surface area contributed by atoms with Crippen LogP contribution in [0.1, 0.15) is 11.1 Å². The summed E-state index contributed by atoms with van der Waals surface area (Å²) in [5.41, 5.74) is 6.69. The van der Waals surface area contributed by atoms with Crippen LogP contribution >= 0.6 is 11.6 Å². The Hall–Kier alpha value is -3.76. The van der Waals surface area contributed by atoms with Crippen molar-refractivity contribution >= 4 is 40.1 Å². The number of aliphatic imine (C=N–C) groups is 1. The molecule has 182 valence electrons. The minimum atomic E-state index is -1.24. The van der Waals surface area contributed by atoms with Gasteiger partial charge in [0.15, 0.2) is 11.6 Å². The molecule has 7 nitrogen and oxygen atoms in total. The van der Waals surface area contributed by atoms with Crippen LogP contribution in [0.25, 0.3) is 11.0 Å². The monoisotopic (exact) mass is 502 g/mol. The molecule has 0 saturated heterocycles. The molecule has 0 aliphatic rings. The van der Waals surface area contributed by atoms with Crippen LogP contribution < -0.4 is 11.1 Å². The zero-order chi connectivity index (χ0) is 25.1. The first-order valence-electron chi connectivity index (χ1n) is 10.6. The van der Waals surface area contributed by atoms with Gasteiger partial charge in [-0.25, -0.2) is 23.1 Å². The van der Waals surface area contributed by atoms with Crippen molar-refractivity contribution in [2.45, 2.75) is 6.54 Å². The highest BCUT2D eigenvalue weighted by Gasteiger charge is 2.23. The molecule has 0 spiro atoms. The van der Waals surface area contributed by atoms with Gasteiger partial charge in [0.05, 0.1) is 10.7 Å². The van der Waals surface area contributed by atoms with E-state index in [2.05, 4.69) is 20.2 Å². The lowest BCUT2D eigenvalue weighted by Crippen LogP contribution is -2.25. The smallest absolute Gasteiger partial charge is 0.237 e. The molecule has 1 aromatic heterocycles. The second kappa shape index (κ2) is 10.2. The highest BCUT2D eigenvalue weighted by Crippen LogP contribution is 2.28. The average Bonchev–Trinajstić information content (AvgIpc) is 3.15. The van der Waals surface area contributed by atoms with E-state index in [1.165, 1.54) is 12.1 Å². The molecule has 0 saturated carbocycles. The quantitative estimate of drug-likeness (QED) is 0.181. The van der Waals surface area contributed by atoms with Gasteiger partial charge in [0.25, 0.3) is 0 Å². The van der Waals surface area contributed by atoms with Gasteiger partial charge in [-0.2, -0.15) is 0 Å². The van der Waals surface area contributed by atoms with Crippen LogP contribution in [-0.2, 0) is 6.54 Å². The first-order valence-corrected chi connectivity index (χ1v) is 11.0. The van der Waals surface area contributed by atoms with Crippen LogP contribution in [0, 0.1) is 17.5 Å². The van der Waals surface area contributed by atoms with Crippen molar-refractivity contribution in [2.75, 3.05) is 25.5 Å². The number of likely N-dealkylation sites (N-methyl/N-ethyl adjacent to an activating group) is 1. The number of anilines is 1. The first kappa shape index (κ1) is 24.4. The van der Waals surface area contributed by atoms with E-state index >= 15 is 0 Å². The molecule has 0 amide bonds. The molecule has 0 radical (unpaired) electrons. The fourth-order valence-electron chi connectivity index (χ4n) is 3.57. The van der Waals surface area contributed by atoms with Crippen molar-refractivity contribution in [3.05, 3.63) is 88.2 Å². The van der Waals surface area contributed by atoms with Gasteiger partial charge in [-0.05, 0) is 36.9 Å². The minimum Gasteiger partial charge on any atom is -0.425 e. The van der Waals surface area contributed by atoms with Gasteiger partial charge in [0, 0.05) is 25.2 Å². The number of hydrogen-bond donors (Lipinski definition) is 3. The molecule has 0 bridgehead atoms. The van der Waals surface area contributed by atoms with Gasteiger partial charge in [-0.15, -0.1) is 4.73 Å². The maximum Gasteiger partial charge on any atom is 0.237 e. The fraction of sp³-hybridized carbons (Fsp3) is 0.167. The zero-order valence-electron chi connectivity index (χ0n) is 18.6. The third-order valence-electron chi connectivity index (χ3n) is 5.30. The first-order chi connectivity index (χ1) is 16.7. The van der Waals surface area contributed by atoms with Gasteiger partial charge in [0.1, 0.15) is 22.7 Å². The van der Waals surface area contributed by atoms with Crippen molar-refractivity contribution in [2.24, 2.45) is 10.7 Å². The summed E-state index contributed by atoms with van der Waals surface area (Å²) in [6.07, 6.45) is 0. The Morgan fingerprint density at radius 3 is 2.60 bits per heavy atom. The molecule has 4 rings (SSSR count). The third kappa shape index (κ3) is 5.33. The average molecular weight is 503 g/mol. The van der Waals surface area contributed by atoms with Crippen molar-refractivity contribution in [3.8, 4) is 0 Å². The molecule has 1 heterocycles. The summed E-state index contributed by atoms with van der Waals surface area (Å²) in [5.74, 6) is -3.43. The van der Waals surface area contributed by atoms with Gasteiger partial charge >= 0.3 is 0 Å². The molecule has 4 aromatic rings. The number of halogens is 4. The molecular weight excluding hydrogens is 481 g/mol. The van der Waals surface area contributed by atoms with E-state index in [0.717, 1.165) is 17.7 Å². The number of benzene rings is 3. The highest BCUT2D eigenvalue weighted by atomic mass is 35.5. The summed E-state index contributed by atoms with van der Waals surface area (Å²) in [6.45, 7) is 1.66. The van der Waals surface area contributed by atoms with E-state index in [1.54, 1.807) is 0 Å². The van der Waals surface area contributed by atoms with E-state index in [0.29, 0.717) is 24.4 Å². The molecule has 0 unspecified atom stereocenters. The van der Waals surface area contributed by atoms with E-state index < -0.39 is 23.0 Å². The van der Waals surface area contributed by atoms with Crippen molar-refractivity contribution in [1.82, 2.24) is 14.6 Å². The topological polar surface area (TPSA) is 91.7 Å². The molecule has 3 aromatic carbocycles. The van der Waals surface area contributed by atoms with Gasteiger partial charge in [0.2, 0.25) is 5.95 Å². The predicted octanol–water partition coefficient (Wildman–Crippen LogP) is 4.93. The maximum atomic E-state index is 14.5. The number of imidazole rings is 1. The molecular formula is C24H22ClF3N6O. The summed E-state index contributed by atoms with van der Waals surface area (Å²) in [4.78, 5) is 10.2. The third-order valence-corrected chi connectivity index (χ3v) is 5.59. The molecule has 4 N–H and O–H groups in total. The standard InChI is InChI=1S/C24H22ClF3N6O/c1-33(13-14-5-3-2-4-6-14)10-9-30-24-32-21-20(28)19(27)12-16(22(21)34(24)35)23(29)31-15-7-8-18(26)17(25)11-15/h2-8,11-12,35H,9-10,13H2,1H3,(H2,29,31)(H,30,32). The second-order valence-corrected chi connectivity index (χ2v) is 8.32. The fourth-order valence-corrected chi connectivity index (χ4v) is 3.75. The summed E-state index contributed by atoms with van der Waals surface area (Å²) < 4.78 is 42.9. The number of nitrogens with two attached hydrogens (primary N) is 1. The molecule has 35 heavy (non-hydrogen) atoms. The maximum absolute atomic E-state index is 14.5. The van der Waals surface area contributed by atoms with Gasteiger partial charge in [-0.3, -0.25) is 0 Å². The number of nitrogens with one attached hydrogen (secondary N) is 1. The second-order valence-electron chi connectivity index (χ2n) is 7.91. The highest BCUT2D eigenvalue weighted by molar-refractivity contribution is 6.31. The Balaban J connectivity index is 1.58. The van der Waals surface area contributed by atoms with Crippen LogP contribution in [0.4, 0.5) is 24.8 Å². The largest absolute Gasteiger partial charge is 0.425 e. The SMILES string of the molecule is CN(CCNc1nc2c(F)c(F)cc(C(N)=Nc3ccc(F)c(Cl)c3)c2n1O)Cc1ccccc1. The summed E-state index contributed by atoms with van der Waals surface area (Å²) in [7, 11) is 1.93. The lowest BCUT2D eigenvalue weighted by atomic mass is 10.1. The van der Waals surface area contributed by atoms with E-state index in [4.69, 9.17) is 17.3 Å². The van der Waals surface area contributed by atoms with Crippen LogP contribution in [-0.4, -0.2) is 45.8 Å². The summed E-state index contributed by atoms with van der Waals surface area (Å²) in [6, 6.07) is 14.4. The molecule has 0 aliphatic carbocycles. The normalized spacial score (nSPS) is 12.0. The van der Waals surface area contributed by atoms with Crippen molar-refractivity contribution in [1.29, 1.82) is 0 Å². The van der Waals surface area contributed by atoms with Crippen molar-refractivity contribution < 1.29 is 18.4 Å². The molecule has 0 atom stereocenters. The van der Waals surface area contributed by atoms with Gasteiger partial charge < -0.3 is 21.2 Å². The van der Waals surface area contributed by atoms with E-state index in [-0.39, 0.29) is 33.6 Å². The zero-order valence-corrected chi connectivity index (χ0v) is 19.4. The summed E-state index contributed by atoms with van der Waals surface area (Å²) in [5, 5.41) is 13.4. The number of hydrogen-bond acceptors (Lipinski definition) is 5. The van der Waals surface area contributed by atoms with E-state index in [9.17, 15) is 18.4 Å². The number of nitrogens with zero attached hydrogens (tertiary/aromatic N) is 4. The van der Waals surface area contributed by atoms with Crippen LogP contribution in [0.2, 0.25) is 5.02 Å². The number of rotatable bonds is 8. The molecule has 11 heteroatoms. The Morgan fingerprint density at radius 2 is 1.89 bits per heavy atom. The Bertz CT molecular complexity index is 1390. The van der Waals surface area contributed by atoms with E-state index in [1.807, 2.05) is 37.4 Å². The lowest BCUT2D eigenvalue weighted by Gasteiger charge is -2.17. The Morgan fingerprint density at radius 1 is 1.14 bits per heavy atom. The number of amidine groups is 1. The van der Waals surface area contributed by atoms with Crippen molar-refractivity contribution in [3.63, 3.8) is 0 Å². The van der Waals surface area contributed by atoms with Crippen LogP contribution in [0.3, 0.4) is 0 Å². The Kier molecular flexibility index (Phi) is 7.13. The van der Waals surface area contributed by atoms with Crippen LogP contribution in [0.5, 0.6) is 0 Å². The number of aromatic nitrogens is 2. The molecule has 0 fully saturated rings. The molecule has 0 aliphatic heterocycles. The minimum absolute atomic E-state index is 0.0866. The predicted molar refractivity (Wildman–Crippen MR) is 130 cm³/mol. The van der Waals surface area contributed by atoms with Gasteiger partial charge in [-0.1, -0.05) is 41.9 Å². The Labute approximate surface area is 204 Å². The van der Waals surface area contributed by atoms with Crippen LogP contribution in [0.15, 0.2) is 59.6 Å². The lowest BCUT2D eigenvalue weighted by molar-refractivity contribution is 0.203.